The molecule has 4 rings (SSSR count). The molecule has 2 heterocycles. The van der Waals surface area contributed by atoms with Crippen LogP contribution in [-0.2, 0) is 20.6 Å². The maximum absolute atomic E-state index is 12.7. The fraction of sp³-hybridized carbons (Fsp3) is 0.519. The lowest BCUT2D eigenvalue weighted by Crippen LogP contribution is -2.64. The number of phenols is 3. The number of aliphatic hydroxyl groups is 6. The van der Waals surface area contributed by atoms with E-state index in [9.17, 15) is 50.8 Å². The summed E-state index contributed by atoms with van der Waals surface area (Å²) in [6.07, 6.45) is -15.3. The van der Waals surface area contributed by atoms with Gasteiger partial charge in [-0.3, -0.25) is 4.79 Å². The molecule has 0 amide bonds. The number of benzene rings is 2. The van der Waals surface area contributed by atoms with Crippen LogP contribution in [0.2, 0.25) is 0 Å². The van der Waals surface area contributed by atoms with Crippen LogP contribution in [0.4, 0.5) is 0 Å². The molecule has 0 radical (unpaired) electrons. The molecule has 2 aromatic carbocycles. The maximum atomic E-state index is 12.7. The molecule has 0 aliphatic carbocycles. The van der Waals surface area contributed by atoms with E-state index in [4.69, 9.17) is 18.9 Å². The molecular weight excluding hydrogens is 548 g/mol. The molecule has 0 spiro atoms. The van der Waals surface area contributed by atoms with Crippen molar-refractivity contribution in [3.05, 3.63) is 47.5 Å². The van der Waals surface area contributed by atoms with E-state index >= 15 is 0 Å². The highest BCUT2D eigenvalue weighted by Crippen LogP contribution is 2.36. The van der Waals surface area contributed by atoms with Crippen LogP contribution in [0.1, 0.15) is 29.3 Å². The number of ketones is 1. The summed E-state index contributed by atoms with van der Waals surface area (Å²) in [7, 11) is 0. The molecule has 2 saturated heterocycles. The molecule has 226 valence electrons. The highest BCUT2D eigenvalue weighted by Gasteiger charge is 2.51. The van der Waals surface area contributed by atoms with Crippen molar-refractivity contribution in [3.8, 4) is 23.0 Å². The number of carbonyl (C=O) groups is 1. The lowest BCUT2D eigenvalue weighted by Gasteiger charge is -2.45. The normalized spacial score (nSPS) is 33.8. The van der Waals surface area contributed by atoms with Crippen LogP contribution in [-0.4, -0.2) is 120 Å². The Hall–Kier alpha value is -3.05. The summed E-state index contributed by atoms with van der Waals surface area (Å²) in [5.41, 5.74) is 0.385. The average molecular weight is 583 g/mol. The van der Waals surface area contributed by atoms with Gasteiger partial charge in [-0.15, -0.1) is 0 Å². The Bertz CT molecular complexity index is 1170. The van der Waals surface area contributed by atoms with E-state index in [0.717, 1.165) is 17.7 Å². The van der Waals surface area contributed by atoms with Crippen molar-refractivity contribution < 1.29 is 69.7 Å². The van der Waals surface area contributed by atoms with E-state index in [-0.39, 0.29) is 29.9 Å². The molecule has 0 saturated carbocycles. The molecule has 9 N–H and O–H groups in total. The largest absolute Gasteiger partial charge is 0.508 e. The highest BCUT2D eigenvalue weighted by molar-refractivity contribution is 6.01. The number of rotatable bonds is 9. The van der Waals surface area contributed by atoms with Crippen molar-refractivity contribution in [1.29, 1.82) is 0 Å². The fourth-order valence-electron chi connectivity index (χ4n) is 4.70. The van der Waals surface area contributed by atoms with Crippen LogP contribution in [0.15, 0.2) is 36.4 Å². The number of Topliss-reactive ketones (excluding diaryl/α,β-unsaturated/α-hetero) is 1. The van der Waals surface area contributed by atoms with Gasteiger partial charge in [-0.25, -0.2) is 0 Å². The van der Waals surface area contributed by atoms with E-state index < -0.39 is 85.3 Å². The van der Waals surface area contributed by atoms with E-state index in [1.54, 1.807) is 12.1 Å². The Labute approximate surface area is 234 Å². The van der Waals surface area contributed by atoms with Gasteiger partial charge >= 0.3 is 0 Å². The zero-order valence-electron chi connectivity index (χ0n) is 21.9. The molecule has 2 aromatic rings. The number of aryl methyl sites for hydroxylation is 1. The lowest BCUT2D eigenvalue weighted by molar-refractivity contribution is -0.354. The molecule has 14 heteroatoms. The SMILES string of the molecule is C[C@@H]1O[C@@H](O[C@@H]2[C@@H](Oc3cc(O)c(C(=O)CCc4ccc(O)cc4)c(O)c3)O[C@@H](CO)[C@H](O)[C@H]2O)[C@H](O)[C@H](O)C1O. The summed E-state index contributed by atoms with van der Waals surface area (Å²) in [5, 5.41) is 91.5. The van der Waals surface area contributed by atoms with E-state index in [2.05, 4.69) is 0 Å². The third-order valence-electron chi connectivity index (χ3n) is 7.10. The van der Waals surface area contributed by atoms with Gasteiger partial charge in [0.05, 0.1) is 12.7 Å². The topological polar surface area (TPSA) is 236 Å². The van der Waals surface area contributed by atoms with Gasteiger partial charge in [0.15, 0.2) is 18.2 Å². The van der Waals surface area contributed by atoms with Crippen molar-refractivity contribution in [2.24, 2.45) is 0 Å². The van der Waals surface area contributed by atoms with Gasteiger partial charge in [0.2, 0.25) is 6.29 Å². The lowest BCUT2D eigenvalue weighted by atomic mass is 9.97. The molecule has 2 aliphatic rings. The van der Waals surface area contributed by atoms with Crippen molar-refractivity contribution in [3.63, 3.8) is 0 Å². The summed E-state index contributed by atoms with van der Waals surface area (Å²) < 4.78 is 22.2. The van der Waals surface area contributed by atoms with E-state index in [1.807, 2.05) is 0 Å². The second-order valence-electron chi connectivity index (χ2n) is 10.0. The van der Waals surface area contributed by atoms with Gasteiger partial charge < -0.3 is 64.9 Å². The second-order valence-corrected chi connectivity index (χ2v) is 10.0. The number of hydrogen-bond donors (Lipinski definition) is 9. The molecule has 2 aliphatic heterocycles. The number of aliphatic hydroxyl groups excluding tert-OH is 6. The highest BCUT2D eigenvalue weighted by atomic mass is 16.8. The summed E-state index contributed by atoms with van der Waals surface area (Å²) >= 11 is 0. The minimum absolute atomic E-state index is 0.0706. The number of carbonyl (C=O) groups excluding carboxylic acids is 1. The van der Waals surface area contributed by atoms with Gasteiger partial charge in [0, 0.05) is 18.6 Å². The predicted octanol–water partition coefficient (Wildman–Crippen LogP) is -1.35. The van der Waals surface area contributed by atoms with Gasteiger partial charge in [0.25, 0.3) is 0 Å². The monoisotopic (exact) mass is 582 g/mol. The number of phenolic OH excluding ortho intramolecular Hbond substituents is 3. The third kappa shape index (κ3) is 6.72. The fourth-order valence-corrected chi connectivity index (χ4v) is 4.70. The second kappa shape index (κ2) is 12.9. The maximum Gasteiger partial charge on any atom is 0.229 e. The Morgan fingerprint density at radius 3 is 2.07 bits per heavy atom. The Morgan fingerprint density at radius 2 is 1.46 bits per heavy atom. The molecule has 10 atom stereocenters. The van der Waals surface area contributed by atoms with Crippen molar-refractivity contribution in [1.82, 2.24) is 0 Å². The van der Waals surface area contributed by atoms with Gasteiger partial charge in [0.1, 0.15) is 65.2 Å². The van der Waals surface area contributed by atoms with Crippen LogP contribution in [0.25, 0.3) is 0 Å². The van der Waals surface area contributed by atoms with Crippen LogP contribution in [0.3, 0.4) is 0 Å². The van der Waals surface area contributed by atoms with Crippen LogP contribution in [0.5, 0.6) is 23.0 Å². The van der Waals surface area contributed by atoms with E-state index in [1.165, 1.54) is 19.1 Å². The molecule has 0 bridgehead atoms. The van der Waals surface area contributed by atoms with Crippen LogP contribution in [0, 0.1) is 0 Å². The summed E-state index contributed by atoms with van der Waals surface area (Å²) in [6.45, 7) is 0.675. The first-order chi connectivity index (χ1) is 19.4. The first kappa shape index (κ1) is 30.9. The van der Waals surface area contributed by atoms with Crippen molar-refractivity contribution >= 4 is 5.78 Å². The number of ether oxygens (including phenoxy) is 4. The summed E-state index contributed by atoms with van der Waals surface area (Å²) in [4.78, 5) is 12.7. The zero-order valence-corrected chi connectivity index (χ0v) is 21.9. The molecule has 2 fully saturated rings. The molecule has 14 nitrogen and oxygen atoms in total. The molecule has 1 unspecified atom stereocenters. The minimum atomic E-state index is -1.77. The minimum Gasteiger partial charge on any atom is -0.508 e. The zero-order chi connectivity index (χ0) is 30.0. The molecular formula is C27H34O14. The number of hydrogen-bond acceptors (Lipinski definition) is 14. The van der Waals surface area contributed by atoms with Crippen molar-refractivity contribution in [2.45, 2.75) is 81.2 Å². The van der Waals surface area contributed by atoms with Gasteiger partial charge in [-0.1, -0.05) is 12.1 Å². The first-order valence-corrected chi connectivity index (χ1v) is 12.9. The van der Waals surface area contributed by atoms with Gasteiger partial charge in [-0.2, -0.15) is 0 Å². The van der Waals surface area contributed by atoms with Crippen LogP contribution < -0.4 is 4.74 Å². The third-order valence-corrected chi connectivity index (χ3v) is 7.10. The Morgan fingerprint density at radius 1 is 0.829 bits per heavy atom. The van der Waals surface area contributed by atoms with Crippen LogP contribution >= 0.6 is 0 Å². The first-order valence-electron chi connectivity index (χ1n) is 12.9. The summed E-state index contributed by atoms with van der Waals surface area (Å²) in [5.74, 6) is -2.00. The Kier molecular flexibility index (Phi) is 9.69. The predicted molar refractivity (Wildman–Crippen MR) is 136 cm³/mol. The van der Waals surface area contributed by atoms with E-state index in [0.29, 0.717) is 0 Å². The summed E-state index contributed by atoms with van der Waals surface area (Å²) in [6, 6.07) is 8.22. The molecule has 0 aromatic heterocycles. The smallest absolute Gasteiger partial charge is 0.229 e. The molecule has 41 heavy (non-hydrogen) atoms. The van der Waals surface area contributed by atoms with Crippen molar-refractivity contribution in [2.75, 3.05) is 6.61 Å². The Balaban J connectivity index is 1.52. The standard InChI is InChI=1S/C27H34O14/c1-11-20(33)22(35)24(37)26(38-11)41-25-23(36)21(34)18(10-28)40-27(25)39-14-8-16(31)19(17(32)9-14)15(30)7-4-12-2-5-13(29)6-3-12/h2-3,5-6,8-9,11,18,20-29,31-37H,4,7,10H2,1H3/t11-,18-,20?,21-,22+,23+,24+,25-,26-,27-/m0/s1. The number of aromatic hydroxyl groups is 3. The average Bonchev–Trinajstić information content (AvgIpc) is 2.93. The quantitative estimate of drug-likeness (QED) is 0.156. The van der Waals surface area contributed by atoms with Gasteiger partial charge in [-0.05, 0) is 31.0 Å².